The van der Waals surface area contributed by atoms with E-state index in [0.717, 1.165) is 22.3 Å². The quantitative estimate of drug-likeness (QED) is 0.158. The van der Waals surface area contributed by atoms with Crippen LogP contribution in [0.15, 0.2) is 35.8 Å². The lowest BCUT2D eigenvalue weighted by Gasteiger charge is -2.38. The van der Waals surface area contributed by atoms with Crippen molar-refractivity contribution in [1.29, 1.82) is 0 Å². The lowest BCUT2D eigenvalue weighted by atomic mass is 9.84. The molecule has 2 aromatic carbocycles. The Morgan fingerprint density at radius 3 is 1.58 bits per heavy atom. The van der Waals surface area contributed by atoms with Gasteiger partial charge in [-0.15, -0.1) is 11.6 Å². The third kappa shape index (κ3) is 11.0. The number of benzene rings is 2. The SMILES string of the molecule is CCl.CN(C)C(=O)Cl.Cc1cc(C)c(C2=C(O)C3(CCOC(C)C3)NC2=O)c(Cl)c1.Cc1cc(C)c(C2=C(OC(=O)N(C)C)C3(CCOC(C)C3)NC2=O)c(Cl)c1. The summed E-state index contributed by atoms with van der Waals surface area (Å²) in [5.74, 6) is -0.100. The van der Waals surface area contributed by atoms with Gasteiger partial charge < -0.3 is 39.8 Å². The highest BCUT2D eigenvalue weighted by Crippen LogP contribution is 2.45. The van der Waals surface area contributed by atoms with Crippen LogP contribution in [0.2, 0.25) is 10.0 Å². The van der Waals surface area contributed by atoms with Crippen LogP contribution < -0.4 is 10.6 Å². The standard InChI is InChI=1S/C20H25ClN2O4.C17H20ClNO3.C3H6ClNO.CH3Cl/c1-11-8-12(2)15(14(21)9-11)16-17(27-19(25)23(4)5)20(22-18(16)24)6-7-26-13(3)10-20;1-9-6-10(2)13(12(18)7-9)14-15(20)17(19-16(14)21)4-5-22-11(3)8-17;1-5(2)3(4)6;1-2/h8-9,13H,6-7,10H2,1-5H3,(H,22,24);6-7,11,20H,4-5,8H2,1-3H3,(H,19,21);1-2H3;1H3. The molecule has 4 atom stereocenters. The molecule has 2 aromatic rings. The van der Waals surface area contributed by atoms with E-state index < -0.39 is 22.5 Å². The molecule has 0 bridgehead atoms. The molecule has 57 heavy (non-hydrogen) atoms. The monoisotopic (exact) mass is 870 g/mol. The van der Waals surface area contributed by atoms with Crippen LogP contribution in [-0.2, 0) is 23.8 Å². The molecular weight excluding hydrogens is 818 g/mol. The van der Waals surface area contributed by atoms with Crippen molar-refractivity contribution < 1.29 is 38.5 Å². The summed E-state index contributed by atoms with van der Waals surface area (Å²) < 4.78 is 17.0. The fourth-order valence-electron chi connectivity index (χ4n) is 7.44. The van der Waals surface area contributed by atoms with Crippen molar-refractivity contribution in [3.63, 3.8) is 0 Å². The second-order valence-electron chi connectivity index (χ2n) is 15.1. The van der Waals surface area contributed by atoms with Gasteiger partial charge in [0, 0.05) is 94.6 Å². The van der Waals surface area contributed by atoms with Gasteiger partial charge in [-0.2, -0.15) is 0 Å². The molecule has 4 amide bonds. The predicted octanol–water partition coefficient (Wildman–Crippen LogP) is 8.49. The number of amides is 4. The van der Waals surface area contributed by atoms with Gasteiger partial charge in [-0.25, -0.2) is 4.79 Å². The largest absolute Gasteiger partial charge is 0.509 e. The van der Waals surface area contributed by atoms with Crippen LogP contribution in [-0.4, -0.2) is 109 Å². The number of hydrogen-bond donors (Lipinski definition) is 3. The summed E-state index contributed by atoms with van der Waals surface area (Å²) in [5, 5.41) is 17.4. The zero-order chi connectivity index (χ0) is 43.2. The average Bonchev–Trinajstić information content (AvgIpc) is 3.48. The van der Waals surface area contributed by atoms with Crippen LogP contribution in [0.5, 0.6) is 0 Å². The number of carbonyl (C=O) groups is 4. The van der Waals surface area contributed by atoms with Crippen LogP contribution >= 0.6 is 46.4 Å². The van der Waals surface area contributed by atoms with Crippen molar-refractivity contribution in [1.82, 2.24) is 20.4 Å². The highest BCUT2D eigenvalue weighted by atomic mass is 35.5. The fourth-order valence-corrected chi connectivity index (χ4v) is 8.27. The van der Waals surface area contributed by atoms with Crippen molar-refractivity contribution >= 4 is 80.8 Å². The van der Waals surface area contributed by atoms with E-state index in [9.17, 15) is 24.3 Å². The highest BCUT2D eigenvalue weighted by Gasteiger charge is 2.51. The van der Waals surface area contributed by atoms with Crippen molar-refractivity contribution in [2.24, 2.45) is 0 Å². The third-order valence-corrected chi connectivity index (χ3v) is 10.8. The van der Waals surface area contributed by atoms with Crippen molar-refractivity contribution in [2.75, 3.05) is 47.8 Å². The summed E-state index contributed by atoms with van der Waals surface area (Å²) in [6.45, 7) is 12.6. The second-order valence-corrected chi connectivity index (χ2v) is 16.2. The third-order valence-electron chi connectivity index (χ3n) is 9.92. The number of aryl methyl sites for hydroxylation is 4. The molecule has 16 heteroatoms. The molecule has 12 nitrogen and oxygen atoms in total. The van der Waals surface area contributed by atoms with Gasteiger partial charge in [-0.3, -0.25) is 14.4 Å². The van der Waals surface area contributed by atoms with Crippen LogP contribution in [0, 0.1) is 27.7 Å². The van der Waals surface area contributed by atoms with Crippen molar-refractivity contribution in [2.45, 2.75) is 90.5 Å². The van der Waals surface area contributed by atoms with Gasteiger partial charge in [0.1, 0.15) is 22.6 Å². The first-order valence-electron chi connectivity index (χ1n) is 18.4. The summed E-state index contributed by atoms with van der Waals surface area (Å²) in [6, 6.07) is 7.55. The number of hydrogen-bond acceptors (Lipinski definition) is 8. The zero-order valence-corrected chi connectivity index (χ0v) is 37.4. The first-order valence-corrected chi connectivity index (χ1v) is 20.3. The molecule has 0 radical (unpaired) electrons. The molecule has 0 aromatic heterocycles. The van der Waals surface area contributed by atoms with Gasteiger partial charge in [0.15, 0.2) is 0 Å². The van der Waals surface area contributed by atoms with Crippen LogP contribution in [0.1, 0.15) is 72.9 Å². The molecule has 0 saturated carbocycles. The number of alkyl halides is 1. The first kappa shape index (κ1) is 47.9. The van der Waals surface area contributed by atoms with E-state index in [1.165, 1.54) is 16.2 Å². The van der Waals surface area contributed by atoms with Crippen molar-refractivity contribution in [3.05, 3.63) is 79.2 Å². The van der Waals surface area contributed by atoms with Gasteiger partial charge in [0.05, 0.1) is 23.4 Å². The maximum atomic E-state index is 13.0. The number of ether oxygens (including phenoxy) is 3. The number of aliphatic hydroxyl groups excluding tert-OH is 1. The van der Waals surface area contributed by atoms with Gasteiger partial charge in [-0.05, 0) is 87.5 Å². The summed E-state index contributed by atoms with van der Waals surface area (Å²) in [5.41, 5.74) is 4.16. The van der Waals surface area contributed by atoms with E-state index in [1.54, 1.807) is 28.2 Å². The summed E-state index contributed by atoms with van der Waals surface area (Å²) in [6.07, 6.45) is 3.06. The van der Waals surface area contributed by atoms with Crippen molar-refractivity contribution in [3.8, 4) is 0 Å². The molecule has 4 unspecified atom stereocenters. The van der Waals surface area contributed by atoms with Crippen LogP contribution in [0.4, 0.5) is 9.59 Å². The minimum atomic E-state index is -0.767. The number of rotatable bonds is 3. The van der Waals surface area contributed by atoms with Gasteiger partial charge in [-0.1, -0.05) is 35.3 Å². The van der Waals surface area contributed by atoms with E-state index in [4.69, 9.17) is 49.0 Å². The van der Waals surface area contributed by atoms with Gasteiger partial charge >= 0.3 is 11.5 Å². The molecule has 314 valence electrons. The number of nitrogens with zero attached hydrogens (tertiary/aromatic N) is 2. The second kappa shape index (κ2) is 20.0. The Morgan fingerprint density at radius 1 is 0.754 bits per heavy atom. The molecule has 0 aliphatic carbocycles. The molecule has 4 aliphatic heterocycles. The van der Waals surface area contributed by atoms with E-state index in [0.29, 0.717) is 77.0 Å². The van der Waals surface area contributed by atoms with E-state index in [-0.39, 0.29) is 29.8 Å². The average molecular weight is 873 g/mol. The summed E-state index contributed by atoms with van der Waals surface area (Å²) in [4.78, 5) is 50.4. The lowest BCUT2D eigenvalue weighted by Crippen LogP contribution is -2.51. The number of nitrogens with one attached hydrogen (secondary N) is 2. The number of halogens is 4. The Bertz CT molecular complexity index is 1890. The highest BCUT2D eigenvalue weighted by molar-refractivity contribution is 6.62. The van der Waals surface area contributed by atoms with E-state index in [1.807, 2.05) is 65.8 Å². The first-order chi connectivity index (χ1) is 26.6. The molecule has 2 spiro atoms. The Kier molecular flexibility index (Phi) is 16.8. The van der Waals surface area contributed by atoms with Crippen LogP contribution in [0.3, 0.4) is 0 Å². The van der Waals surface area contributed by atoms with E-state index >= 15 is 0 Å². The summed E-state index contributed by atoms with van der Waals surface area (Å²) >= 11 is 22.4. The molecule has 3 N–H and O–H groups in total. The minimum Gasteiger partial charge on any atom is -0.509 e. The Labute approximate surface area is 355 Å². The lowest BCUT2D eigenvalue weighted by molar-refractivity contribution is -0.118. The molecule has 2 fully saturated rings. The molecular formula is C41H54Cl4N4O8. The molecule has 6 rings (SSSR count). The maximum absolute atomic E-state index is 13.0. The van der Waals surface area contributed by atoms with Gasteiger partial charge in [0.25, 0.3) is 11.8 Å². The smallest absolute Gasteiger partial charge is 0.414 e. The zero-order valence-electron chi connectivity index (χ0n) is 34.4. The predicted molar refractivity (Wildman–Crippen MR) is 226 cm³/mol. The number of carbonyl (C=O) groups excluding carboxylic acids is 4. The van der Waals surface area contributed by atoms with Crippen LogP contribution in [0.25, 0.3) is 11.1 Å². The Hall–Kier alpha value is -3.52. The number of aliphatic hydroxyl groups is 1. The fraction of sp³-hybridized carbons (Fsp3) is 0.512. The Morgan fingerprint density at radius 2 is 1.16 bits per heavy atom. The molecule has 4 aliphatic rings. The van der Waals surface area contributed by atoms with Gasteiger partial charge in [0.2, 0.25) is 0 Å². The topological polar surface area (TPSA) is 147 Å². The van der Waals surface area contributed by atoms with E-state index in [2.05, 4.69) is 22.2 Å². The maximum Gasteiger partial charge on any atom is 0.414 e. The minimum absolute atomic E-state index is 0.00913. The summed E-state index contributed by atoms with van der Waals surface area (Å²) in [7, 11) is 6.40. The molecule has 2 saturated heterocycles. The normalized spacial score (nSPS) is 23.7. The Balaban J connectivity index is 0.000000261. The molecule has 4 heterocycles.